The van der Waals surface area contributed by atoms with Gasteiger partial charge in [-0.15, -0.1) is 0 Å². The summed E-state index contributed by atoms with van der Waals surface area (Å²) in [5.41, 5.74) is 2.63. The van der Waals surface area contributed by atoms with Crippen molar-refractivity contribution in [1.82, 2.24) is 10.3 Å². The standard InChI is InChI=1S/C22H25N3O5/c1-5-30-22(26)21-19(17-12-16(29-4)10-11-18(17)24-21)20(23-13(2)3)14-6-8-15(9-7-14)25(27)28/h6-13,20,23-24H,5H2,1-4H3/t20-/m0/s1. The fourth-order valence-corrected chi connectivity index (χ4v) is 3.45. The van der Waals surface area contributed by atoms with E-state index in [0.717, 1.165) is 16.5 Å². The van der Waals surface area contributed by atoms with Crippen molar-refractivity contribution in [2.45, 2.75) is 32.9 Å². The van der Waals surface area contributed by atoms with E-state index in [4.69, 9.17) is 9.47 Å². The number of hydrogen-bond acceptors (Lipinski definition) is 6. The molecule has 0 saturated carbocycles. The lowest BCUT2D eigenvalue weighted by molar-refractivity contribution is -0.384. The van der Waals surface area contributed by atoms with Crippen molar-refractivity contribution in [3.63, 3.8) is 0 Å². The number of nitro benzene ring substituents is 1. The number of benzene rings is 2. The van der Waals surface area contributed by atoms with Gasteiger partial charge in [0.2, 0.25) is 0 Å². The van der Waals surface area contributed by atoms with E-state index in [9.17, 15) is 14.9 Å². The number of aromatic amines is 1. The maximum Gasteiger partial charge on any atom is 0.355 e. The summed E-state index contributed by atoms with van der Waals surface area (Å²) < 4.78 is 10.7. The molecule has 0 fully saturated rings. The van der Waals surface area contributed by atoms with Crippen LogP contribution in [-0.2, 0) is 4.74 Å². The molecule has 2 aromatic carbocycles. The SMILES string of the molecule is CCOC(=O)c1[nH]c2ccc(OC)cc2c1[C@@H](NC(C)C)c1ccc([N+](=O)[O-])cc1. The molecular formula is C22H25N3O5. The van der Waals surface area contributed by atoms with Crippen molar-refractivity contribution in [2.24, 2.45) is 0 Å². The van der Waals surface area contributed by atoms with Crippen LogP contribution >= 0.6 is 0 Å². The summed E-state index contributed by atoms with van der Waals surface area (Å²) in [5.74, 6) is 0.199. The number of carbonyl (C=O) groups is 1. The first-order chi connectivity index (χ1) is 14.3. The van der Waals surface area contributed by atoms with Crippen LogP contribution in [0.25, 0.3) is 10.9 Å². The molecule has 3 rings (SSSR count). The molecular weight excluding hydrogens is 386 g/mol. The van der Waals surface area contributed by atoms with Crippen LogP contribution in [0, 0.1) is 10.1 Å². The normalized spacial score (nSPS) is 12.2. The van der Waals surface area contributed by atoms with Crippen LogP contribution < -0.4 is 10.1 Å². The Labute approximate surface area is 174 Å². The topological polar surface area (TPSA) is 106 Å². The summed E-state index contributed by atoms with van der Waals surface area (Å²) >= 11 is 0. The second kappa shape index (κ2) is 8.96. The molecule has 1 heterocycles. The summed E-state index contributed by atoms with van der Waals surface area (Å²) in [6.07, 6.45) is 0. The Morgan fingerprint density at radius 1 is 1.20 bits per heavy atom. The number of carbonyl (C=O) groups excluding carboxylic acids is 1. The van der Waals surface area contributed by atoms with E-state index in [2.05, 4.69) is 10.3 Å². The third-order valence-electron chi connectivity index (χ3n) is 4.75. The van der Waals surface area contributed by atoms with Crippen molar-refractivity contribution < 1.29 is 19.2 Å². The van der Waals surface area contributed by atoms with Crippen molar-refractivity contribution in [3.8, 4) is 5.75 Å². The van der Waals surface area contributed by atoms with Gasteiger partial charge in [0.1, 0.15) is 11.4 Å². The molecule has 0 saturated heterocycles. The lowest BCUT2D eigenvalue weighted by atomic mass is 9.94. The summed E-state index contributed by atoms with van der Waals surface area (Å²) in [5, 5.41) is 15.3. The minimum Gasteiger partial charge on any atom is -0.497 e. The van der Waals surface area contributed by atoms with Gasteiger partial charge in [0.05, 0.1) is 24.7 Å². The zero-order chi connectivity index (χ0) is 21.8. The molecule has 0 amide bonds. The Bertz CT molecular complexity index is 1060. The van der Waals surface area contributed by atoms with Gasteiger partial charge in [-0.05, 0) is 44.5 Å². The van der Waals surface area contributed by atoms with E-state index < -0.39 is 16.9 Å². The Hall–Kier alpha value is -3.39. The Morgan fingerprint density at radius 2 is 1.90 bits per heavy atom. The zero-order valence-corrected chi connectivity index (χ0v) is 17.4. The van der Waals surface area contributed by atoms with Crippen LogP contribution in [0.5, 0.6) is 5.75 Å². The molecule has 158 valence electrons. The predicted octanol–water partition coefficient (Wildman–Crippen LogP) is 4.35. The molecule has 3 aromatic rings. The van der Waals surface area contributed by atoms with Crippen LogP contribution in [0.15, 0.2) is 42.5 Å². The lowest BCUT2D eigenvalue weighted by Crippen LogP contribution is -2.30. The third kappa shape index (κ3) is 4.28. The van der Waals surface area contributed by atoms with Gasteiger partial charge < -0.3 is 19.8 Å². The number of H-pyrrole nitrogens is 1. The lowest BCUT2D eigenvalue weighted by Gasteiger charge is -2.23. The highest BCUT2D eigenvalue weighted by Gasteiger charge is 2.28. The molecule has 0 aliphatic rings. The molecule has 8 heteroatoms. The zero-order valence-electron chi connectivity index (χ0n) is 17.4. The minimum absolute atomic E-state index is 0.00765. The Balaban J connectivity index is 2.24. The largest absolute Gasteiger partial charge is 0.497 e. The highest BCUT2D eigenvalue weighted by molar-refractivity contribution is 5.99. The smallest absolute Gasteiger partial charge is 0.355 e. The molecule has 0 aliphatic carbocycles. The van der Waals surface area contributed by atoms with Crippen LogP contribution in [0.3, 0.4) is 0 Å². The first-order valence-corrected chi connectivity index (χ1v) is 9.72. The quantitative estimate of drug-likeness (QED) is 0.324. The monoisotopic (exact) mass is 411 g/mol. The summed E-state index contributed by atoms with van der Waals surface area (Å²) in [7, 11) is 1.58. The molecule has 0 aliphatic heterocycles. The van der Waals surface area contributed by atoms with Crippen LogP contribution in [0.2, 0.25) is 0 Å². The van der Waals surface area contributed by atoms with Gasteiger partial charge in [-0.1, -0.05) is 12.1 Å². The summed E-state index contributed by atoms with van der Waals surface area (Å²) in [4.78, 5) is 26.6. The number of nitrogens with one attached hydrogen (secondary N) is 2. The molecule has 2 N–H and O–H groups in total. The van der Waals surface area contributed by atoms with E-state index in [0.29, 0.717) is 17.0 Å². The van der Waals surface area contributed by atoms with Crippen molar-refractivity contribution in [1.29, 1.82) is 0 Å². The number of nitro groups is 1. The van der Waals surface area contributed by atoms with Gasteiger partial charge in [-0.25, -0.2) is 4.79 Å². The number of aromatic nitrogens is 1. The van der Waals surface area contributed by atoms with Crippen LogP contribution in [-0.4, -0.2) is 35.6 Å². The number of fused-ring (bicyclic) bond motifs is 1. The van der Waals surface area contributed by atoms with Crippen LogP contribution in [0.1, 0.15) is 48.4 Å². The average Bonchev–Trinajstić information content (AvgIpc) is 3.10. The second-order valence-electron chi connectivity index (χ2n) is 7.15. The molecule has 0 unspecified atom stereocenters. The van der Waals surface area contributed by atoms with Crippen molar-refractivity contribution in [3.05, 3.63) is 69.4 Å². The fourth-order valence-electron chi connectivity index (χ4n) is 3.45. The molecule has 1 atom stereocenters. The molecule has 0 bridgehead atoms. The number of non-ortho nitro benzene ring substituents is 1. The highest BCUT2D eigenvalue weighted by Crippen LogP contribution is 2.35. The summed E-state index contributed by atoms with van der Waals surface area (Å²) in [6.45, 7) is 6.00. The Kier molecular flexibility index (Phi) is 6.37. The maximum atomic E-state index is 12.8. The average molecular weight is 411 g/mol. The molecule has 0 radical (unpaired) electrons. The first kappa shape index (κ1) is 21.3. The van der Waals surface area contributed by atoms with E-state index in [-0.39, 0.29) is 18.3 Å². The van der Waals surface area contributed by atoms with Gasteiger partial charge in [0, 0.05) is 34.6 Å². The minimum atomic E-state index is -0.458. The van der Waals surface area contributed by atoms with Crippen molar-refractivity contribution in [2.75, 3.05) is 13.7 Å². The maximum absolute atomic E-state index is 12.8. The Morgan fingerprint density at radius 3 is 2.47 bits per heavy atom. The van der Waals surface area contributed by atoms with Gasteiger partial charge in [0.15, 0.2) is 0 Å². The van der Waals surface area contributed by atoms with E-state index in [1.54, 1.807) is 26.2 Å². The van der Waals surface area contributed by atoms with Gasteiger partial charge >= 0.3 is 5.97 Å². The van der Waals surface area contributed by atoms with E-state index in [1.807, 2.05) is 32.0 Å². The van der Waals surface area contributed by atoms with Gasteiger partial charge in [0.25, 0.3) is 5.69 Å². The first-order valence-electron chi connectivity index (χ1n) is 9.72. The van der Waals surface area contributed by atoms with Gasteiger partial charge in [-0.3, -0.25) is 10.1 Å². The summed E-state index contributed by atoms with van der Waals surface area (Å²) in [6, 6.07) is 11.5. The highest BCUT2D eigenvalue weighted by atomic mass is 16.6. The van der Waals surface area contributed by atoms with E-state index >= 15 is 0 Å². The number of rotatable bonds is 8. The fraction of sp³-hybridized carbons (Fsp3) is 0.318. The number of methoxy groups -OCH3 is 1. The molecule has 1 aromatic heterocycles. The van der Waals surface area contributed by atoms with Crippen LogP contribution in [0.4, 0.5) is 5.69 Å². The second-order valence-corrected chi connectivity index (χ2v) is 7.15. The predicted molar refractivity (Wildman–Crippen MR) is 114 cm³/mol. The number of nitrogens with zero attached hydrogens (tertiary/aromatic N) is 1. The van der Waals surface area contributed by atoms with Crippen molar-refractivity contribution >= 4 is 22.6 Å². The molecule has 0 spiro atoms. The third-order valence-corrected chi connectivity index (χ3v) is 4.75. The number of hydrogen-bond donors (Lipinski definition) is 2. The number of ether oxygens (including phenoxy) is 2. The van der Waals surface area contributed by atoms with Gasteiger partial charge in [-0.2, -0.15) is 0 Å². The molecule has 30 heavy (non-hydrogen) atoms. The van der Waals surface area contributed by atoms with E-state index in [1.165, 1.54) is 12.1 Å². The molecule has 8 nitrogen and oxygen atoms in total. The number of esters is 1.